The lowest BCUT2D eigenvalue weighted by molar-refractivity contribution is -0.116. The van der Waals surface area contributed by atoms with Crippen LogP contribution in [-0.4, -0.2) is 13.0 Å². The first kappa shape index (κ1) is 20.5. The predicted molar refractivity (Wildman–Crippen MR) is 116 cm³/mol. The molecule has 0 saturated carbocycles. The summed E-state index contributed by atoms with van der Waals surface area (Å²) in [4.78, 5) is 13.3. The summed E-state index contributed by atoms with van der Waals surface area (Å²) in [6.07, 6.45) is 4.22. The summed E-state index contributed by atoms with van der Waals surface area (Å²) in [5.41, 5.74) is 2.47. The van der Waals surface area contributed by atoms with E-state index in [2.05, 4.69) is 19.2 Å². The van der Waals surface area contributed by atoms with Crippen molar-refractivity contribution >= 4 is 17.6 Å². The van der Waals surface area contributed by atoms with E-state index in [1.165, 1.54) is 0 Å². The number of methoxy groups -OCH3 is 1. The number of ether oxygens (including phenoxy) is 1. The lowest BCUT2D eigenvalue weighted by Gasteiger charge is -2.22. The molecule has 0 aliphatic carbocycles. The quantitative estimate of drug-likeness (QED) is 0.500. The summed E-state index contributed by atoms with van der Waals surface area (Å²) >= 11 is 0. The van der Waals surface area contributed by atoms with Crippen LogP contribution < -0.4 is 10.1 Å². The van der Waals surface area contributed by atoms with Crippen molar-refractivity contribution in [3.63, 3.8) is 0 Å². The van der Waals surface area contributed by atoms with Crippen molar-refractivity contribution in [1.82, 2.24) is 5.32 Å². The highest BCUT2D eigenvalue weighted by molar-refractivity contribution is 6.24. The van der Waals surface area contributed by atoms with Crippen molar-refractivity contribution in [2.45, 2.75) is 26.3 Å². The van der Waals surface area contributed by atoms with E-state index in [4.69, 9.17) is 9.15 Å². The van der Waals surface area contributed by atoms with Gasteiger partial charge in [-0.15, -0.1) is 0 Å². The van der Waals surface area contributed by atoms with Crippen LogP contribution in [0.15, 0.2) is 77.4 Å². The number of rotatable bonds is 8. The predicted octanol–water partition coefficient (Wildman–Crippen LogP) is 5.73. The standard InChI is InChI=1S/C25H27NO3/c1-18(2)16-24(20-11-13-21(28-3)14-12-20)26-25(27)23(17-22-10-7-15-29-22)19-8-5-4-6-9-19/h4-15,17-18,24H,16H2,1-3H3,(H,26,27)/b23-17+. The third-order valence-corrected chi connectivity index (χ3v) is 4.69. The Morgan fingerprint density at radius 2 is 1.76 bits per heavy atom. The zero-order chi connectivity index (χ0) is 20.6. The molecular weight excluding hydrogens is 362 g/mol. The van der Waals surface area contributed by atoms with Crippen LogP contribution in [0, 0.1) is 5.92 Å². The van der Waals surface area contributed by atoms with Crippen LogP contribution in [0.1, 0.15) is 43.2 Å². The SMILES string of the molecule is COc1ccc(C(CC(C)C)NC(=O)/C(=C/c2ccco2)c2ccccc2)cc1. The zero-order valence-electron chi connectivity index (χ0n) is 17.1. The molecule has 0 bridgehead atoms. The fraction of sp³-hybridized carbons (Fsp3) is 0.240. The van der Waals surface area contributed by atoms with Gasteiger partial charge in [-0.05, 0) is 53.8 Å². The number of nitrogens with one attached hydrogen (secondary N) is 1. The summed E-state index contributed by atoms with van der Waals surface area (Å²) in [6.45, 7) is 4.30. The molecule has 0 aliphatic heterocycles. The minimum atomic E-state index is -0.130. The molecule has 0 fully saturated rings. The molecule has 3 rings (SSSR count). The van der Waals surface area contributed by atoms with E-state index >= 15 is 0 Å². The van der Waals surface area contributed by atoms with Gasteiger partial charge in [0, 0.05) is 0 Å². The van der Waals surface area contributed by atoms with Crippen LogP contribution in [0.25, 0.3) is 11.6 Å². The Morgan fingerprint density at radius 3 is 2.34 bits per heavy atom. The van der Waals surface area contributed by atoms with E-state index in [1.54, 1.807) is 19.4 Å². The lowest BCUT2D eigenvalue weighted by atomic mass is 9.95. The summed E-state index contributed by atoms with van der Waals surface area (Å²) in [6, 6.07) is 21.0. The number of furan rings is 1. The van der Waals surface area contributed by atoms with Gasteiger partial charge in [0.15, 0.2) is 0 Å². The molecule has 1 heterocycles. The van der Waals surface area contributed by atoms with Gasteiger partial charge in [0.2, 0.25) is 0 Å². The van der Waals surface area contributed by atoms with Gasteiger partial charge in [-0.3, -0.25) is 4.79 Å². The highest BCUT2D eigenvalue weighted by Crippen LogP contribution is 2.26. The maximum Gasteiger partial charge on any atom is 0.252 e. The second-order valence-electron chi connectivity index (χ2n) is 7.37. The second-order valence-corrected chi connectivity index (χ2v) is 7.37. The fourth-order valence-electron chi connectivity index (χ4n) is 3.24. The third-order valence-electron chi connectivity index (χ3n) is 4.69. The molecule has 0 aliphatic rings. The van der Waals surface area contributed by atoms with Gasteiger partial charge in [0.05, 0.1) is 25.0 Å². The normalized spacial score (nSPS) is 12.6. The van der Waals surface area contributed by atoms with Crippen LogP contribution in [0.3, 0.4) is 0 Å². The molecule has 0 radical (unpaired) electrons. The van der Waals surface area contributed by atoms with Crippen molar-refractivity contribution in [2.24, 2.45) is 5.92 Å². The highest BCUT2D eigenvalue weighted by Gasteiger charge is 2.20. The molecule has 2 aromatic carbocycles. The molecule has 4 heteroatoms. The number of amides is 1. The smallest absolute Gasteiger partial charge is 0.252 e. The minimum absolute atomic E-state index is 0.0999. The minimum Gasteiger partial charge on any atom is -0.497 e. The van der Waals surface area contributed by atoms with Crippen molar-refractivity contribution in [3.8, 4) is 5.75 Å². The lowest BCUT2D eigenvalue weighted by Crippen LogP contribution is -2.30. The average molecular weight is 389 g/mol. The summed E-state index contributed by atoms with van der Waals surface area (Å²) in [5.74, 6) is 1.74. The van der Waals surface area contributed by atoms with Crippen molar-refractivity contribution in [2.75, 3.05) is 7.11 Å². The Morgan fingerprint density at radius 1 is 1.03 bits per heavy atom. The Hall–Kier alpha value is -3.27. The molecule has 1 atom stereocenters. The topological polar surface area (TPSA) is 51.5 Å². The monoisotopic (exact) mass is 389 g/mol. The van der Waals surface area contributed by atoms with Gasteiger partial charge in [-0.2, -0.15) is 0 Å². The first-order valence-corrected chi connectivity index (χ1v) is 9.82. The third kappa shape index (κ3) is 5.61. The summed E-state index contributed by atoms with van der Waals surface area (Å²) in [5, 5.41) is 3.22. The van der Waals surface area contributed by atoms with E-state index in [0.29, 0.717) is 17.3 Å². The molecule has 3 aromatic rings. The molecule has 0 saturated heterocycles. The molecule has 1 N–H and O–H groups in total. The van der Waals surface area contributed by atoms with Gasteiger partial charge < -0.3 is 14.5 Å². The van der Waals surface area contributed by atoms with Crippen LogP contribution in [0.4, 0.5) is 0 Å². The van der Waals surface area contributed by atoms with Crippen molar-refractivity contribution in [1.29, 1.82) is 0 Å². The number of benzene rings is 2. The molecule has 29 heavy (non-hydrogen) atoms. The number of hydrogen-bond donors (Lipinski definition) is 1. The second kappa shape index (κ2) is 9.78. The van der Waals surface area contributed by atoms with Crippen molar-refractivity contribution in [3.05, 3.63) is 89.9 Å². The number of carbonyl (C=O) groups is 1. The van der Waals surface area contributed by atoms with Crippen LogP contribution in [-0.2, 0) is 4.79 Å². The largest absolute Gasteiger partial charge is 0.497 e. The summed E-state index contributed by atoms with van der Waals surface area (Å²) < 4.78 is 10.7. The molecule has 1 amide bonds. The molecular formula is C25H27NO3. The van der Waals surface area contributed by atoms with Crippen LogP contribution in [0.5, 0.6) is 5.75 Å². The highest BCUT2D eigenvalue weighted by atomic mass is 16.5. The average Bonchev–Trinajstić information content (AvgIpc) is 3.25. The van der Waals surface area contributed by atoms with E-state index in [1.807, 2.05) is 66.7 Å². The molecule has 150 valence electrons. The van der Waals surface area contributed by atoms with Gasteiger partial charge >= 0.3 is 0 Å². The van der Waals surface area contributed by atoms with Gasteiger partial charge in [-0.1, -0.05) is 56.3 Å². The summed E-state index contributed by atoms with van der Waals surface area (Å²) in [7, 11) is 1.65. The molecule has 1 aromatic heterocycles. The fourth-order valence-corrected chi connectivity index (χ4v) is 3.24. The number of hydrogen-bond acceptors (Lipinski definition) is 3. The van der Waals surface area contributed by atoms with Gasteiger partial charge in [0.1, 0.15) is 11.5 Å². The van der Waals surface area contributed by atoms with Crippen LogP contribution in [0.2, 0.25) is 0 Å². The molecule has 0 spiro atoms. The molecule has 1 unspecified atom stereocenters. The van der Waals surface area contributed by atoms with E-state index in [-0.39, 0.29) is 11.9 Å². The Kier molecular flexibility index (Phi) is 6.90. The van der Waals surface area contributed by atoms with E-state index in [9.17, 15) is 4.79 Å². The van der Waals surface area contributed by atoms with E-state index < -0.39 is 0 Å². The Labute approximate surface area is 172 Å². The van der Waals surface area contributed by atoms with Crippen LogP contribution >= 0.6 is 0 Å². The first-order chi connectivity index (χ1) is 14.1. The molecule has 4 nitrogen and oxygen atoms in total. The maximum absolute atomic E-state index is 13.3. The Balaban J connectivity index is 1.90. The van der Waals surface area contributed by atoms with Gasteiger partial charge in [0.25, 0.3) is 5.91 Å². The van der Waals surface area contributed by atoms with Gasteiger partial charge in [-0.25, -0.2) is 0 Å². The van der Waals surface area contributed by atoms with Crippen molar-refractivity contribution < 1.29 is 13.9 Å². The van der Waals surface area contributed by atoms with E-state index in [0.717, 1.165) is 23.3 Å². The Bertz CT molecular complexity index is 926. The maximum atomic E-state index is 13.3. The first-order valence-electron chi connectivity index (χ1n) is 9.82. The zero-order valence-corrected chi connectivity index (χ0v) is 17.1. The number of carbonyl (C=O) groups excluding carboxylic acids is 1.